The SMILES string of the molecule is COCC(=O)NC1COCCC12CCN(Cc1ccc(C)cc1)CC2. The molecule has 1 amide bonds. The molecule has 1 aromatic rings. The smallest absolute Gasteiger partial charge is 0.246 e. The summed E-state index contributed by atoms with van der Waals surface area (Å²) >= 11 is 0. The number of carbonyl (C=O) groups is 1. The third-order valence-electron chi connectivity index (χ3n) is 5.76. The van der Waals surface area contributed by atoms with E-state index in [0.29, 0.717) is 6.61 Å². The Morgan fingerprint density at radius 3 is 2.68 bits per heavy atom. The average molecular weight is 346 g/mol. The van der Waals surface area contributed by atoms with Crippen LogP contribution >= 0.6 is 0 Å². The Balaban J connectivity index is 1.57. The van der Waals surface area contributed by atoms with Crippen molar-refractivity contribution in [1.82, 2.24) is 10.2 Å². The predicted octanol–water partition coefficient (Wildman–Crippen LogP) is 2.13. The topological polar surface area (TPSA) is 50.8 Å². The largest absolute Gasteiger partial charge is 0.379 e. The van der Waals surface area contributed by atoms with Crippen molar-refractivity contribution in [2.75, 3.05) is 40.0 Å². The van der Waals surface area contributed by atoms with Crippen molar-refractivity contribution in [3.8, 4) is 0 Å². The first kappa shape index (κ1) is 18.4. The van der Waals surface area contributed by atoms with E-state index in [1.807, 2.05) is 0 Å². The van der Waals surface area contributed by atoms with Crippen LogP contribution in [-0.4, -0.2) is 56.9 Å². The van der Waals surface area contributed by atoms with E-state index in [4.69, 9.17) is 9.47 Å². The maximum Gasteiger partial charge on any atom is 0.246 e. The lowest BCUT2D eigenvalue weighted by Crippen LogP contribution is -2.57. The molecular formula is C20H30N2O3. The molecule has 0 aromatic heterocycles. The monoisotopic (exact) mass is 346 g/mol. The minimum Gasteiger partial charge on any atom is -0.379 e. The molecule has 2 fully saturated rings. The normalized spacial score (nSPS) is 23.5. The number of aryl methyl sites for hydroxylation is 1. The summed E-state index contributed by atoms with van der Waals surface area (Å²) in [5.74, 6) is -0.0422. The molecule has 1 aromatic carbocycles. The van der Waals surface area contributed by atoms with Gasteiger partial charge in [0.1, 0.15) is 6.61 Å². The quantitative estimate of drug-likeness (QED) is 0.887. The summed E-state index contributed by atoms with van der Waals surface area (Å²) in [7, 11) is 1.55. The van der Waals surface area contributed by atoms with Gasteiger partial charge in [-0.05, 0) is 50.3 Å². The molecule has 2 heterocycles. The molecule has 25 heavy (non-hydrogen) atoms. The zero-order valence-electron chi connectivity index (χ0n) is 15.4. The van der Waals surface area contributed by atoms with E-state index in [2.05, 4.69) is 41.4 Å². The van der Waals surface area contributed by atoms with Crippen molar-refractivity contribution in [2.24, 2.45) is 5.41 Å². The van der Waals surface area contributed by atoms with E-state index in [-0.39, 0.29) is 24.0 Å². The number of methoxy groups -OCH3 is 1. The number of nitrogens with one attached hydrogen (secondary N) is 1. The van der Waals surface area contributed by atoms with E-state index in [1.165, 1.54) is 11.1 Å². The predicted molar refractivity (Wildman–Crippen MR) is 97.4 cm³/mol. The summed E-state index contributed by atoms with van der Waals surface area (Å²) in [6.07, 6.45) is 3.25. The van der Waals surface area contributed by atoms with Crippen molar-refractivity contribution in [3.63, 3.8) is 0 Å². The number of piperidine rings is 1. The summed E-state index contributed by atoms with van der Waals surface area (Å²) in [6, 6.07) is 8.91. The number of benzene rings is 1. The molecule has 1 spiro atoms. The lowest BCUT2D eigenvalue weighted by atomic mass is 9.69. The fourth-order valence-electron chi connectivity index (χ4n) is 4.10. The minimum absolute atomic E-state index is 0.0422. The van der Waals surface area contributed by atoms with E-state index in [0.717, 1.165) is 45.5 Å². The van der Waals surface area contributed by atoms with Crippen LogP contribution in [0.3, 0.4) is 0 Å². The van der Waals surface area contributed by atoms with Crippen molar-refractivity contribution in [1.29, 1.82) is 0 Å². The fraction of sp³-hybridized carbons (Fsp3) is 0.650. The molecule has 2 saturated heterocycles. The second kappa shape index (κ2) is 8.30. The molecular weight excluding hydrogens is 316 g/mol. The minimum atomic E-state index is -0.0422. The molecule has 5 nitrogen and oxygen atoms in total. The van der Waals surface area contributed by atoms with Gasteiger partial charge in [0.05, 0.1) is 12.6 Å². The fourth-order valence-corrected chi connectivity index (χ4v) is 4.10. The highest BCUT2D eigenvalue weighted by molar-refractivity contribution is 5.77. The molecule has 1 N–H and O–H groups in total. The first-order chi connectivity index (χ1) is 12.1. The van der Waals surface area contributed by atoms with Crippen molar-refractivity contribution in [3.05, 3.63) is 35.4 Å². The van der Waals surface area contributed by atoms with Crippen LogP contribution in [0.15, 0.2) is 24.3 Å². The maximum absolute atomic E-state index is 12.0. The maximum atomic E-state index is 12.0. The van der Waals surface area contributed by atoms with E-state index >= 15 is 0 Å². The van der Waals surface area contributed by atoms with Gasteiger partial charge < -0.3 is 14.8 Å². The molecule has 1 unspecified atom stereocenters. The van der Waals surface area contributed by atoms with Crippen LogP contribution in [0.5, 0.6) is 0 Å². The Morgan fingerprint density at radius 1 is 1.28 bits per heavy atom. The van der Waals surface area contributed by atoms with Crippen LogP contribution in [0.4, 0.5) is 0 Å². The zero-order valence-corrected chi connectivity index (χ0v) is 15.4. The lowest BCUT2D eigenvalue weighted by molar-refractivity contribution is -0.130. The van der Waals surface area contributed by atoms with Gasteiger partial charge in [0.15, 0.2) is 0 Å². The van der Waals surface area contributed by atoms with Crippen LogP contribution in [0.2, 0.25) is 0 Å². The second-order valence-corrected chi connectivity index (χ2v) is 7.50. The number of likely N-dealkylation sites (tertiary alicyclic amines) is 1. The highest BCUT2D eigenvalue weighted by Crippen LogP contribution is 2.41. The number of rotatable bonds is 5. The van der Waals surface area contributed by atoms with Crippen LogP contribution in [0.1, 0.15) is 30.4 Å². The summed E-state index contributed by atoms with van der Waals surface area (Å²) in [4.78, 5) is 14.5. The zero-order chi connectivity index (χ0) is 17.7. The van der Waals surface area contributed by atoms with Gasteiger partial charge in [-0.2, -0.15) is 0 Å². The number of ether oxygens (including phenoxy) is 2. The van der Waals surface area contributed by atoms with Crippen molar-refractivity contribution < 1.29 is 14.3 Å². The molecule has 2 aliphatic heterocycles. The lowest BCUT2D eigenvalue weighted by Gasteiger charge is -2.49. The Labute approximate surface area is 150 Å². The summed E-state index contributed by atoms with van der Waals surface area (Å²) in [5, 5.41) is 3.14. The number of hydrogen-bond donors (Lipinski definition) is 1. The molecule has 1 atom stereocenters. The van der Waals surface area contributed by atoms with Gasteiger partial charge in [0.25, 0.3) is 0 Å². The van der Waals surface area contributed by atoms with Gasteiger partial charge in [-0.3, -0.25) is 9.69 Å². The van der Waals surface area contributed by atoms with Gasteiger partial charge in [-0.25, -0.2) is 0 Å². The second-order valence-electron chi connectivity index (χ2n) is 7.50. The van der Waals surface area contributed by atoms with E-state index in [1.54, 1.807) is 7.11 Å². The van der Waals surface area contributed by atoms with Gasteiger partial charge >= 0.3 is 0 Å². The van der Waals surface area contributed by atoms with Gasteiger partial charge in [-0.15, -0.1) is 0 Å². The number of amides is 1. The Bertz CT molecular complexity index is 565. The summed E-state index contributed by atoms with van der Waals surface area (Å²) < 4.78 is 10.6. The first-order valence-corrected chi connectivity index (χ1v) is 9.25. The molecule has 2 aliphatic rings. The molecule has 0 saturated carbocycles. The van der Waals surface area contributed by atoms with Gasteiger partial charge in [0, 0.05) is 20.3 Å². The van der Waals surface area contributed by atoms with Gasteiger partial charge in [-0.1, -0.05) is 29.8 Å². The summed E-state index contributed by atoms with van der Waals surface area (Å²) in [6.45, 7) is 6.81. The molecule has 5 heteroatoms. The number of nitrogens with zero attached hydrogens (tertiary/aromatic N) is 1. The van der Waals surface area contributed by atoms with Gasteiger partial charge in [0.2, 0.25) is 5.91 Å². The van der Waals surface area contributed by atoms with E-state index in [9.17, 15) is 4.79 Å². The van der Waals surface area contributed by atoms with Crippen LogP contribution in [0, 0.1) is 12.3 Å². The van der Waals surface area contributed by atoms with Crippen LogP contribution in [-0.2, 0) is 20.8 Å². The molecule has 0 bridgehead atoms. The Hall–Kier alpha value is -1.43. The third-order valence-corrected chi connectivity index (χ3v) is 5.76. The third kappa shape index (κ3) is 4.60. The molecule has 0 radical (unpaired) electrons. The Kier molecular flexibility index (Phi) is 6.10. The number of carbonyl (C=O) groups excluding carboxylic acids is 1. The highest BCUT2D eigenvalue weighted by atomic mass is 16.5. The van der Waals surface area contributed by atoms with Crippen LogP contribution < -0.4 is 5.32 Å². The van der Waals surface area contributed by atoms with Crippen molar-refractivity contribution in [2.45, 2.75) is 38.8 Å². The number of hydrogen-bond acceptors (Lipinski definition) is 4. The Morgan fingerprint density at radius 2 is 2.00 bits per heavy atom. The standard InChI is InChI=1S/C20H30N2O3/c1-16-3-5-17(6-4-16)13-22-10-7-20(8-11-22)9-12-25-14-18(20)21-19(23)15-24-2/h3-6,18H,7-15H2,1-2H3,(H,21,23). The van der Waals surface area contributed by atoms with Crippen molar-refractivity contribution >= 4 is 5.91 Å². The average Bonchev–Trinajstić information content (AvgIpc) is 2.61. The first-order valence-electron chi connectivity index (χ1n) is 9.25. The highest BCUT2D eigenvalue weighted by Gasteiger charge is 2.44. The van der Waals surface area contributed by atoms with E-state index < -0.39 is 0 Å². The summed E-state index contributed by atoms with van der Waals surface area (Å²) in [5.41, 5.74) is 2.85. The molecule has 0 aliphatic carbocycles. The van der Waals surface area contributed by atoms with Crippen LogP contribution in [0.25, 0.3) is 0 Å². The molecule has 3 rings (SSSR count). The molecule has 138 valence electrons.